The summed E-state index contributed by atoms with van der Waals surface area (Å²) >= 11 is 0. The summed E-state index contributed by atoms with van der Waals surface area (Å²) in [4.78, 5) is 0. The third-order valence-corrected chi connectivity index (χ3v) is 2.93. The standard InChI is InChI=1S/C10H21N/c1-4-9-5-6-11-10(7-9)8(2)3/h8-11H,4-7H2,1-3H3/t9-,10+/m0/s1. The van der Waals surface area contributed by atoms with E-state index in [1.807, 2.05) is 0 Å². The van der Waals surface area contributed by atoms with Crippen LogP contribution in [0.5, 0.6) is 0 Å². The Labute approximate surface area is 70.6 Å². The van der Waals surface area contributed by atoms with E-state index in [1.165, 1.54) is 25.8 Å². The lowest BCUT2D eigenvalue weighted by atomic mass is 9.86. The van der Waals surface area contributed by atoms with Gasteiger partial charge in [0.1, 0.15) is 0 Å². The van der Waals surface area contributed by atoms with Crippen molar-refractivity contribution in [3.05, 3.63) is 0 Å². The van der Waals surface area contributed by atoms with E-state index in [9.17, 15) is 0 Å². The van der Waals surface area contributed by atoms with Gasteiger partial charge >= 0.3 is 0 Å². The molecule has 2 atom stereocenters. The lowest BCUT2D eigenvalue weighted by molar-refractivity contribution is 0.250. The summed E-state index contributed by atoms with van der Waals surface area (Å²) in [6, 6.07) is 0.786. The maximum atomic E-state index is 3.58. The molecule has 1 N–H and O–H groups in total. The van der Waals surface area contributed by atoms with Crippen LogP contribution in [0.25, 0.3) is 0 Å². The molecule has 0 aromatic rings. The fourth-order valence-electron chi connectivity index (χ4n) is 1.91. The van der Waals surface area contributed by atoms with Gasteiger partial charge in [0.15, 0.2) is 0 Å². The van der Waals surface area contributed by atoms with Gasteiger partial charge in [-0.1, -0.05) is 27.2 Å². The average molecular weight is 155 g/mol. The first-order valence-corrected chi connectivity index (χ1v) is 4.97. The third kappa shape index (κ3) is 2.48. The molecule has 1 saturated heterocycles. The van der Waals surface area contributed by atoms with Crippen molar-refractivity contribution in [2.75, 3.05) is 6.54 Å². The fraction of sp³-hybridized carbons (Fsp3) is 1.00. The molecule has 1 heteroatoms. The Bertz CT molecular complexity index is 109. The molecule has 1 nitrogen and oxygen atoms in total. The molecule has 1 heterocycles. The van der Waals surface area contributed by atoms with Gasteiger partial charge in [0.2, 0.25) is 0 Å². The molecule has 0 amide bonds. The second kappa shape index (κ2) is 4.10. The number of rotatable bonds is 2. The molecule has 66 valence electrons. The van der Waals surface area contributed by atoms with Crippen molar-refractivity contribution >= 4 is 0 Å². The first-order valence-electron chi connectivity index (χ1n) is 4.97. The lowest BCUT2D eigenvalue weighted by Crippen LogP contribution is -2.41. The third-order valence-electron chi connectivity index (χ3n) is 2.93. The van der Waals surface area contributed by atoms with Crippen LogP contribution in [-0.4, -0.2) is 12.6 Å². The zero-order chi connectivity index (χ0) is 8.27. The smallest absolute Gasteiger partial charge is 0.00927 e. The maximum Gasteiger partial charge on any atom is 0.00927 e. The van der Waals surface area contributed by atoms with Gasteiger partial charge in [0.25, 0.3) is 0 Å². The van der Waals surface area contributed by atoms with E-state index in [4.69, 9.17) is 0 Å². The van der Waals surface area contributed by atoms with E-state index in [0.29, 0.717) is 0 Å². The predicted molar refractivity (Wildman–Crippen MR) is 49.6 cm³/mol. The largest absolute Gasteiger partial charge is 0.314 e. The summed E-state index contributed by atoms with van der Waals surface area (Å²) in [7, 11) is 0. The quantitative estimate of drug-likeness (QED) is 0.645. The molecule has 0 bridgehead atoms. The van der Waals surface area contributed by atoms with Crippen LogP contribution in [0.4, 0.5) is 0 Å². The summed E-state index contributed by atoms with van der Waals surface area (Å²) in [5.41, 5.74) is 0. The Kier molecular flexibility index (Phi) is 3.38. The highest BCUT2D eigenvalue weighted by Gasteiger charge is 2.21. The van der Waals surface area contributed by atoms with E-state index in [0.717, 1.165) is 17.9 Å². The van der Waals surface area contributed by atoms with E-state index in [-0.39, 0.29) is 0 Å². The van der Waals surface area contributed by atoms with Crippen LogP contribution >= 0.6 is 0 Å². The van der Waals surface area contributed by atoms with Crippen molar-refractivity contribution in [2.45, 2.75) is 46.1 Å². The van der Waals surface area contributed by atoms with Crippen molar-refractivity contribution in [2.24, 2.45) is 11.8 Å². The van der Waals surface area contributed by atoms with Gasteiger partial charge in [-0.3, -0.25) is 0 Å². The Morgan fingerprint density at radius 3 is 2.73 bits per heavy atom. The van der Waals surface area contributed by atoms with Crippen molar-refractivity contribution in [3.8, 4) is 0 Å². The average Bonchev–Trinajstić information content (AvgIpc) is 2.05. The topological polar surface area (TPSA) is 12.0 Å². The molecular formula is C10H21N. The molecule has 1 fully saturated rings. The van der Waals surface area contributed by atoms with Crippen molar-refractivity contribution in [1.82, 2.24) is 5.32 Å². The second-order valence-electron chi connectivity index (χ2n) is 4.10. The Morgan fingerprint density at radius 1 is 1.45 bits per heavy atom. The van der Waals surface area contributed by atoms with E-state index in [2.05, 4.69) is 26.1 Å². The lowest BCUT2D eigenvalue weighted by Gasteiger charge is -2.32. The zero-order valence-corrected chi connectivity index (χ0v) is 8.06. The molecule has 1 aliphatic rings. The zero-order valence-electron chi connectivity index (χ0n) is 8.06. The van der Waals surface area contributed by atoms with Gasteiger partial charge < -0.3 is 5.32 Å². The highest BCUT2D eigenvalue weighted by atomic mass is 14.9. The summed E-state index contributed by atoms with van der Waals surface area (Å²) in [5, 5.41) is 3.58. The Morgan fingerprint density at radius 2 is 2.18 bits per heavy atom. The highest BCUT2D eigenvalue weighted by Crippen LogP contribution is 2.22. The molecule has 0 aromatic heterocycles. The normalized spacial score (nSPS) is 32.7. The molecule has 0 saturated carbocycles. The minimum Gasteiger partial charge on any atom is -0.314 e. The number of nitrogens with one attached hydrogen (secondary N) is 1. The van der Waals surface area contributed by atoms with Crippen molar-refractivity contribution in [1.29, 1.82) is 0 Å². The van der Waals surface area contributed by atoms with Gasteiger partial charge in [-0.15, -0.1) is 0 Å². The SMILES string of the molecule is CC[C@H]1CCN[C@@H](C(C)C)C1. The monoisotopic (exact) mass is 155 g/mol. The highest BCUT2D eigenvalue weighted by molar-refractivity contribution is 4.79. The summed E-state index contributed by atoms with van der Waals surface area (Å²) in [6.07, 6.45) is 4.15. The Hall–Kier alpha value is -0.0400. The van der Waals surface area contributed by atoms with Crippen LogP contribution in [0.1, 0.15) is 40.0 Å². The minimum absolute atomic E-state index is 0.786. The molecule has 0 spiro atoms. The van der Waals surface area contributed by atoms with Crippen LogP contribution in [-0.2, 0) is 0 Å². The molecule has 0 radical (unpaired) electrons. The molecule has 1 rings (SSSR count). The summed E-state index contributed by atoms with van der Waals surface area (Å²) in [6.45, 7) is 8.18. The van der Waals surface area contributed by atoms with Crippen LogP contribution in [0.15, 0.2) is 0 Å². The second-order valence-corrected chi connectivity index (χ2v) is 4.10. The van der Waals surface area contributed by atoms with Gasteiger partial charge in [-0.2, -0.15) is 0 Å². The molecular weight excluding hydrogens is 134 g/mol. The van der Waals surface area contributed by atoms with E-state index in [1.54, 1.807) is 0 Å². The number of hydrogen-bond acceptors (Lipinski definition) is 1. The molecule has 0 unspecified atom stereocenters. The molecule has 0 aromatic carbocycles. The molecule has 1 aliphatic heterocycles. The van der Waals surface area contributed by atoms with Crippen LogP contribution in [0.2, 0.25) is 0 Å². The first kappa shape index (κ1) is 9.05. The van der Waals surface area contributed by atoms with E-state index < -0.39 is 0 Å². The number of piperidine rings is 1. The van der Waals surface area contributed by atoms with Gasteiger partial charge in [-0.05, 0) is 31.2 Å². The van der Waals surface area contributed by atoms with Crippen LogP contribution in [0.3, 0.4) is 0 Å². The van der Waals surface area contributed by atoms with Crippen LogP contribution in [0, 0.1) is 11.8 Å². The van der Waals surface area contributed by atoms with Crippen molar-refractivity contribution < 1.29 is 0 Å². The van der Waals surface area contributed by atoms with E-state index >= 15 is 0 Å². The molecule has 11 heavy (non-hydrogen) atoms. The van der Waals surface area contributed by atoms with Gasteiger partial charge in [-0.25, -0.2) is 0 Å². The fourth-order valence-corrected chi connectivity index (χ4v) is 1.91. The minimum atomic E-state index is 0.786. The predicted octanol–water partition coefficient (Wildman–Crippen LogP) is 2.42. The van der Waals surface area contributed by atoms with Crippen molar-refractivity contribution in [3.63, 3.8) is 0 Å². The maximum absolute atomic E-state index is 3.58. The van der Waals surface area contributed by atoms with Gasteiger partial charge in [0.05, 0.1) is 0 Å². The molecule has 0 aliphatic carbocycles. The van der Waals surface area contributed by atoms with Crippen LogP contribution < -0.4 is 5.32 Å². The van der Waals surface area contributed by atoms with Gasteiger partial charge in [0, 0.05) is 6.04 Å². The summed E-state index contributed by atoms with van der Waals surface area (Å²) < 4.78 is 0. The Balaban J connectivity index is 2.33. The summed E-state index contributed by atoms with van der Waals surface area (Å²) in [5.74, 6) is 1.80. The first-order chi connectivity index (χ1) is 5.24. The number of hydrogen-bond donors (Lipinski definition) is 1.